The van der Waals surface area contributed by atoms with E-state index in [1.165, 1.54) is 48.5 Å². The SMILES string of the molecule is O=[N+]([O-])c1ccc(-c2nnc(-c3ccc([N+](=O)[O-])cc3)c3c2no[n+]3[O-])cc1. The molecule has 2 heterocycles. The van der Waals surface area contributed by atoms with Crippen molar-refractivity contribution < 1.29 is 19.4 Å². The van der Waals surface area contributed by atoms with Crippen LogP contribution < -0.4 is 4.90 Å². The number of rotatable bonds is 4. The summed E-state index contributed by atoms with van der Waals surface area (Å²) in [6.07, 6.45) is 0. The lowest BCUT2D eigenvalue weighted by Gasteiger charge is -2.03. The van der Waals surface area contributed by atoms with Gasteiger partial charge >= 0.3 is 0 Å². The molecule has 12 heteroatoms. The molecule has 0 aliphatic rings. The first kappa shape index (κ1) is 17.0. The zero-order chi connectivity index (χ0) is 19.8. The quantitative estimate of drug-likeness (QED) is 0.293. The summed E-state index contributed by atoms with van der Waals surface area (Å²) in [5.41, 5.74) is 1.06. The van der Waals surface area contributed by atoms with Gasteiger partial charge in [0.1, 0.15) is 5.69 Å². The Hall–Kier alpha value is -4.48. The maximum absolute atomic E-state index is 12.1. The summed E-state index contributed by atoms with van der Waals surface area (Å²) in [5, 5.41) is 45.5. The van der Waals surface area contributed by atoms with E-state index in [1.54, 1.807) is 0 Å². The summed E-state index contributed by atoms with van der Waals surface area (Å²) in [7, 11) is 0. The van der Waals surface area contributed by atoms with Crippen LogP contribution in [0.15, 0.2) is 53.2 Å². The molecular formula is C16H8N6O6. The van der Waals surface area contributed by atoms with Crippen LogP contribution in [-0.4, -0.2) is 25.2 Å². The van der Waals surface area contributed by atoms with E-state index in [2.05, 4.69) is 20.0 Å². The molecule has 2 aromatic carbocycles. The van der Waals surface area contributed by atoms with Gasteiger partial charge in [-0.1, -0.05) is 0 Å². The van der Waals surface area contributed by atoms with Gasteiger partial charge in [0.15, 0.2) is 5.69 Å². The predicted molar refractivity (Wildman–Crippen MR) is 92.7 cm³/mol. The third-order valence-corrected chi connectivity index (χ3v) is 4.01. The van der Waals surface area contributed by atoms with Crippen LogP contribution in [0.1, 0.15) is 0 Å². The Balaban J connectivity index is 1.85. The Kier molecular flexibility index (Phi) is 3.85. The topological polar surface area (TPSA) is 165 Å². The molecule has 4 aromatic rings. The number of hydrogen-bond acceptors (Lipinski definition) is 9. The molecule has 0 spiro atoms. The van der Waals surface area contributed by atoms with Crippen LogP contribution in [-0.2, 0) is 0 Å². The summed E-state index contributed by atoms with van der Waals surface area (Å²) in [4.78, 5) is 20.7. The van der Waals surface area contributed by atoms with E-state index in [4.69, 9.17) is 0 Å². The normalized spacial score (nSPS) is 10.9. The number of aromatic nitrogens is 4. The first-order valence-corrected chi connectivity index (χ1v) is 7.71. The third kappa shape index (κ3) is 2.74. The van der Waals surface area contributed by atoms with Crippen molar-refractivity contribution in [1.29, 1.82) is 0 Å². The molecule has 138 valence electrons. The van der Waals surface area contributed by atoms with E-state index in [1.807, 2.05) is 0 Å². The number of fused-ring (bicyclic) bond motifs is 1. The average molecular weight is 380 g/mol. The van der Waals surface area contributed by atoms with E-state index in [9.17, 15) is 25.4 Å². The van der Waals surface area contributed by atoms with Crippen LogP contribution in [0.25, 0.3) is 33.5 Å². The molecule has 0 aliphatic heterocycles. The molecule has 0 saturated carbocycles. The van der Waals surface area contributed by atoms with Gasteiger partial charge in [0.25, 0.3) is 22.4 Å². The van der Waals surface area contributed by atoms with Crippen LogP contribution >= 0.6 is 0 Å². The lowest BCUT2D eigenvalue weighted by atomic mass is 10.1. The number of nitro benzene ring substituents is 2. The number of hydrogen-bond donors (Lipinski definition) is 0. The van der Waals surface area contributed by atoms with Gasteiger partial charge < -0.3 is 5.21 Å². The molecule has 4 rings (SSSR count). The monoisotopic (exact) mass is 380 g/mol. The Morgan fingerprint density at radius 2 is 1.25 bits per heavy atom. The first-order chi connectivity index (χ1) is 13.5. The van der Waals surface area contributed by atoms with Gasteiger partial charge in [-0.2, -0.15) is 0 Å². The zero-order valence-corrected chi connectivity index (χ0v) is 13.8. The fourth-order valence-corrected chi connectivity index (χ4v) is 2.67. The predicted octanol–water partition coefficient (Wildman–Crippen LogP) is 2.40. The van der Waals surface area contributed by atoms with Gasteiger partial charge in [-0.3, -0.25) is 24.9 Å². The lowest BCUT2D eigenvalue weighted by molar-refractivity contribution is -0.782. The molecule has 0 radical (unpaired) electrons. The van der Waals surface area contributed by atoms with E-state index in [0.29, 0.717) is 11.1 Å². The fraction of sp³-hybridized carbons (Fsp3) is 0. The minimum Gasteiger partial charge on any atom is -0.359 e. The highest BCUT2D eigenvalue weighted by atomic mass is 16.8. The largest absolute Gasteiger partial charge is 0.359 e. The molecule has 12 nitrogen and oxygen atoms in total. The van der Waals surface area contributed by atoms with Gasteiger partial charge in [0.05, 0.1) is 9.85 Å². The van der Waals surface area contributed by atoms with E-state index >= 15 is 0 Å². The third-order valence-electron chi connectivity index (χ3n) is 4.01. The zero-order valence-electron chi connectivity index (χ0n) is 13.8. The number of nitro groups is 2. The van der Waals surface area contributed by atoms with Crippen LogP contribution in [0, 0.1) is 25.4 Å². The second kappa shape index (κ2) is 6.35. The second-order valence-electron chi connectivity index (χ2n) is 5.63. The van der Waals surface area contributed by atoms with Gasteiger partial charge in [0.2, 0.25) is 0 Å². The first-order valence-electron chi connectivity index (χ1n) is 7.71. The number of benzene rings is 2. The molecule has 0 N–H and O–H groups in total. The van der Waals surface area contributed by atoms with Gasteiger partial charge in [-0.25, -0.2) is 0 Å². The molecule has 0 unspecified atom stereocenters. The van der Waals surface area contributed by atoms with E-state index in [0.717, 1.165) is 0 Å². The highest BCUT2D eigenvalue weighted by Crippen LogP contribution is 2.30. The maximum Gasteiger partial charge on any atom is 0.278 e. The van der Waals surface area contributed by atoms with Gasteiger partial charge in [-0.05, 0) is 29.2 Å². The molecule has 0 atom stereocenters. The second-order valence-corrected chi connectivity index (χ2v) is 5.63. The van der Waals surface area contributed by atoms with E-state index in [-0.39, 0.29) is 38.7 Å². The Bertz CT molecular complexity index is 1220. The molecule has 0 saturated heterocycles. The van der Waals surface area contributed by atoms with Gasteiger partial charge in [-0.15, -0.1) is 10.2 Å². The number of non-ortho nitro benzene ring substituents is 2. The van der Waals surface area contributed by atoms with Crippen molar-refractivity contribution in [3.8, 4) is 22.5 Å². The van der Waals surface area contributed by atoms with Crippen molar-refractivity contribution in [3.05, 3.63) is 74.0 Å². The lowest BCUT2D eigenvalue weighted by Crippen LogP contribution is -2.23. The summed E-state index contributed by atoms with van der Waals surface area (Å²) in [6, 6.07) is 10.9. The van der Waals surface area contributed by atoms with Crippen LogP contribution in [0.2, 0.25) is 0 Å². The molecule has 0 amide bonds. The minimum absolute atomic E-state index is 0.0165. The van der Waals surface area contributed by atoms with Crippen molar-refractivity contribution in [3.63, 3.8) is 0 Å². The molecule has 2 aromatic heterocycles. The fourth-order valence-electron chi connectivity index (χ4n) is 2.67. The van der Waals surface area contributed by atoms with Crippen LogP contribution in [0.5, 0.6) is 0 Å². The standard InChI is InChI=1S/C16H8N6O6/c23-20(24)11-5-1-9(2-6-11)13-15-16(22(27)28-19-15)14(18-17-13)10-3-7-12(8-4-10)21(25)26/h1-8H. The van der Waals surface area contributed by atoms with E-state index < -0.39 is 9.85 Å². The number of nitrogens with zero attached hydrogens (tertiary/aromatic N) is 6. The maximum atomic E-state index is 12.1. The summed E-state index contributed by atoms with van der Waals surface area (Å²) < 4.78 is 4.68. The Labute approximate surface area is 154 Å². The van der Waals surface area contributed by atoms with Gasteiger partial charge in [0, 0.05) is 40.5 Å². The van der Waals surface area contributed by atoms with Crippen LogP contribution in [0.4, 0.5) is 11.4 Å². The highest BCUT2D eigenvalue weighted by molar-refractivity contribution is 5.94. The average Bonchev–Trinajstić information content (AvgIpc) is 3.09. The molecule has 0 bridgehead atoms. The molecule has 0 aliphatic carbocycles. The molecular weight excluding hydrogens is 372 g/mol. The van der Waals surface area contributed by atoms with Crippen LogP contribution in [0.3, 0.4) is 0 Å². The van der Waals surface area contributed by atoms with Crippen molar-refractivity contribution >= 4 is 22.4 Å². The molecule has 0 fully saturated rings. The smallest absolute Gasteiger partial charge is 0.278 e. The van der Waals surface area contributed by atoms with Crippen molar-refractivity contribution in [2.75, 3.05) is 0 Å². The Morgan fingerprint density at radius 1 is 0.786 bits per heavy atom. The van der Waals surface area contributed by atoms with Crippen molar-refractivity contribution in [1.82, 2.24) is 15.4 Å². The minimum atomic E-state index is -0.546. The Morgan fingerprint density at radius 3 is 1.75 bits per heavy atom. The summed E-state index contributed by atoms with van der Waals surface area (Å²) in [5.74, 6) is 0. The highest BCUT2D eigenvalue weighted by Gasteiger charge is 2.24. The summed E-state index contributed by atoms with van der Waals surface area (Å²) in [6.45, 7) is 0. The van der Waals surface area contributed by atoms with Crippen molar-refractivity contribution in [2.24, 2.45) is 0 Å². The van der Waals surface area contributed by atoms with Crippen molar-refractivity contribution in [2.45, 2.75) is 0 Å². The summed E-state index contributed by atoms with van der Waals surface area (Å²) >= 11 is 0. The molecule has 28 heavy (non-hydrogen) atoms.